The molecule has 27 heavy (non-hydrogen) atoms. The average molecular weight is 372 g/mol. The standard InChI is InChI=1S/C20H18F2N2O3/c21-15-6-5-14(11-16(15)22)19(25)23-7-9-24(10-8-23)20(26)18-12-13-3-1-2-4-17(13)27-18/h1-6,11,18H,7-10,12H2. The molecule has 2 aromatic rings. The Hall–Kier alpha value is -2.96. The summed E-state index contributed by atoms with van der Waals surface area (Å²) in [7, 11) is 0. The topological polar surface area (TPSA) is 49.9 Å². The van der Waals surface area contributed by atoms with E-state index >= 15 is 0 Å². The van der Waals surface area contributed by atoms with E-state index in [9.17, 15) is 18.4 Å². The van der Waals surface area contributed by atoms with Gasteiger partial charge in [0.2, 0.25) is 0 Å². The SMILES string of the molecule is O=C(c1ccc(F)c(F)c1)N1CCN(C(=O)C2Cc3ccccc3O2)CC1. The number of benzene rings is 2. The maximum atomic E-state index is 13.3. The van der Waals surface area contributed by atoms with Crippen LogP contribution in [0.4, 0.5) is 8.78 Å². The zero-order valence-corrected chi connectivity index (χ0v) is 14.5. The third-order valence-corrected chi connectivity index (χ3v) is 4.97. The number of rotatable bonds is 2. The minimum Gasteiger partial charge on any atom is -0.480 e. The lowest BCUT2D eigenvalue weighted by atomic mass is 10.1. The Labute approximate surface area is 155 Å². The summed E-state index contributed by atoms with van der Waals surface area (Å²) in [6.45, 7) is 1.43. The van der Waals surface area contributed by atoms with Crippen LogP contribution >= 0.6 is 0 Å². The van der Waals surface area contributed by atoms with Crippen LogP contribution in [0.25, 0.3) is 0 Å². The van der Waals surface area contributed by atoms with Crippen molar-refractivity contribution in [2.75, 3.05) is 26.2 Å². The van der Waals surface area contributed by atoms with Gasteiger partial charge in [-0.2, -0.15) is 0 Å². The van der Waals surface area contributed by atoms with Gasteiger partial charge in [0.15, 0.2) is 17.7 Å². The Morgan fingerprint density at radius 2 is 1.63 bits per heavy atom. The summed E-state index contributed by atoms with van der Waals surface area (Å²) in [4.78, 5) is 28.4. The lowest BCUT2D eigenvalue weighted by Crippen LogP contribution is -2.53. The number of hydrogen-bond donors (Lipinski definition) is 0. The lowest BCUT2D eigenvalue weighted by Gasteiger charge is -2.35. The molecule has 2 heterocycles. The molecule has 0 spiro atoms. The van der Waals surface area contributed by atoms with E-state index in [1.807, 2.05) is 24.3 Å². The van der Waals surface area contributed by atoms with Gasteiger partial charge in [-0.15, -0.1) is 0 Å². The van der Waals surface area contributed by atoms with Crippen molar-refractivity contribution in [1.82, 2.24) is 9.80 Å². The van der Waals surface area contributed by atoms with E-state index in [0.717, 1.165) is 23.4 Å². The van der Waals surface area contributed by atoms with E-state index in [0.29, 0.717) is 32.6 Å². The normalized spacial score (nSPS) is 18.8. The summed E-state index contributed by atoms with van der Waals surface area (Å²) in [5.74, 6) is -1.76. The van der Waals surface area contributed by atoms with Gasteiger partial charge in [-0.1, -0.05) is 18.2 Å². The number of hydrogen-bond acceptors (Lipinski definition) is 3. The van der Waals surface area contributed by atoms with Gasteiger partial charge < -0.3 is 14.5 Å². The molecule has 1 atom stereocenters. The molecular formula is C20H18F2N2O3. The first kappa shape index (κ1) is 17.5. The summed E-state index contributed by atoms with van der Waals surface area (Å²) >= 11 is 0. The van der Waals surface area contributed by atoms with Crippen LogP contribution in [-0.4, -0.2) is 53.9 Å². The van der Waals surface area contributed by atoms with E-state index in [2.05, 4.69) is 0 Å². The first-order valence-electron chi connectivity index (χ1n) is 8.80. The van der Waals surface area contributed by atoms with E-state index in [4.69, 9.17) is 4.74 Å². The van der Waals surface area contributed by atoms with Crippen molar-refractivity contribution in [1.29, 1.82) is 0 Å². The van der Waals surface area contributed by atoms with Crippen molar-refractivity contribution in [3.05, 3.63) is 65.2 Å². The molecule has 4 rings (SSSR count). The molecule has 2 aliphatic rings. The molecule has 0 saturated carbocycles. The van der Waals surface area contributed by atoms with E-state index < -0.39 is 17.7 Å². The van der Waals surface area contributed by atoms with Gasteiger partial charge in [-0.05, 0) is 29.8 Å². The van der Waals surface area contributed by atoms with E-state index in [1.165, 1.54) is 6.07 Å². The van der Waals surface area contributed by atoms with Gasteiger partial charge >= 0.3 is 0 Å². The smallest absolute Gasteiger partial charge is 0.264 e. The molecule has 5 nitrogen and oxygen atoms in total. The minimum absolute atomic E-state index is 0.0916. The molecular weight excluding hydrogens is 354 g/mol. The summed E-state index contributed by atoms with van der Waals surface area (Å²) in [6.07, 6.45) is 0.0130. The highest BCUT2D eigenvalue weighted by Crippen LogP contribution is 2.29. The van der Waals surface area contributed by atoms with Crippen molar-refractivity contribution in [3.8, 4) is 5.75 Å². The predicted molar refractivity (Wildman–Crippen MR) is 93.4 cm³/mol. The molecule has 0 N–H and O–H groups in total. The fourth-order valence-corrected chi connectivity index (χ4v) is 3.47. The van der Waals surface area contributed by atoms with Crippen LogP contribution in [0, 0.1) is 11.6 Å². The number of piperazine rings is 1. The van der Waals surface area contributed by atoms with Crippen molar-refractivity contribution in [2.45, 2.75) is 12.5 Å². The average Bonchev–Trinajstić information content (AvgIpc) is 3.13. The first-order chi connectivity index (χ1) is 13.0. The maximum Gasteiger partial charge on any atom is 0.264 e. The molecule has 1 fully saturated rings. The van der Waals surface area contributed by atoms with Gasteiger partial charge in [-0.3, -0.25) is 9.59 Å². The zero-order chi connectivity index (χ0) is 19.0. The van der Waals surface area contributed by atoms with Crippen LogP contribution in [0.5, 0.6) is 5.75 Å². The number of amides is 2. The van der Waals surface area contributed by atoms with Crippen LogP contribution in [0.15, 0.2) is 42.5 Å². The Kier molecular flexibility index (Phi) is 4.51. The molecule has 2 amide bonds. The highest BCUT2D eigenvalue weighted by Gasteiger charge is 2.34. The van der Waals surface area contributed by atoms with Crippen molar-refractivity contribution in [3.63, 3.8) is 0 Å². The summed E-state index contributed by atoms with van der Waals surface area (Å²) in [6, 6.07) is 10.7. The van der Waals surface area contributed by atoms with Crippen LogP contribution in [0.1, 0.15) is 15.9 Å². The number of para-hydroxylation sites is 1. The van der Waals surface area contributed by atoms with Crippen LogP contribution in [0.3, 0.4) is 0 Å². The number of fused-ring (bicyclic) bond motifs is 1. The predicted octanol–water partition coefficient (Wildman–Crippen LogP) is 2.25. The second kappa shape index (κ2) is 6.98. The first-order valence-corrected chi connectivity index (χ1v) is 8.80. The fourth-order valence-electron chi connectivity index (χ4n) is 3.47. The molecule has 1 saturated heterocycles. The Bertz CT molecular complexity index is 870. The second-order valence-electron chi connectivity index (χ2n) is 6.66. The number of halogens is 2. The number of carbonyl (C=O) groups is 2. The van der Waals surface area contributed by atoms with Gasteiger partial charge in [0.05, 0.1) is 0 Å². The number of carbonyl (C=O) groups excluding carboxylic acids is 2. The van der Waals surface area contributed by atoms with Gasteiger partial charge in [0.1, 0.15) is 5.75 Å². The molecule has 0 radical (unpaired) electrons. The van der Waals surface area contributed by atoms with Crippen molar-refractivity contribution >= 4 is 11.8 Å². The number of ether oxygens (including phenoxy) is 1. The molecule has 2 aromatic carbocycles. The largest absolute Gasteiger partial charge is 0.480 e. The molecule has 0 aromatic heterocycles. The van der Waals surface area contributed by atoms with Crippen LogP contribution in [0.2, 0.25) is 0 Å². The van der Waals surface area contributed by atoms with E-state index in [1.54, 1.807) is 9.80 Å². The highest BCUT2D eigenvalue weighted by molar-refractivity contribution is 5.94. The third kappa shape index (κ3) is 3.37. The Morgan fingerprint density at radius 1 is 0.926 bits per heavy atom. The van der Waals surface area contributed by atoms with E-state index in [-0.39, 0.29) is 17.4 Å². The van der Waals surface area contributed by atoms with Crippen molar-refractivity contribution in [2.24, 2.45) is 0 Å². The molecule has 1 unspecified atom stereocenters. The monoisotopic (exact) mass is 372 g/mol. The molecule has 0 aliphatic carbocycles. The molecule has 2 aliphatic heterocycles. The van der Waals surface area contributed by atoms with Gasteiger partial charge in [0, 0.05) is 38.2 Å². The van der Waals surface area contributed by atoms with Crippen LogP contribution in [-0.2, 0) is 11.2 Å². The fraction of sp³-hybridized carbons (Fsp3) is 0.300. The van der Waals surface area contributed by atoms with Crippen LogP contribution < -0.4 is 4.74 Å². The molecule has 0 bridgehead atoms. The summed E-state index contributed by atoms with van der Waals surface area (Å²) in [5, 5.41) is 0. The zero-order valence-electron chi connectivity index (χ0n) is 14.5. The lowest BCUT2D eigenvalue weighted by molar-refractivity contribution is -0.139. The maximum absolute atomic E-state index is 13.3. The van der Waals surface area contributed by atoms with Gasteiger partial charge in [-0.25, -0.2) is 8.78 Å². The molecule has 140 valence electrons. The number of nitrogens with zero attached hydrogens (tertiary/aromatic N) is 2. The second-order valence-corrected chi connectivity index (χ2v) is 6.66. The van der Waals surface area contributed by atoms with Gasteiger partial charge in [0.25, 0.3) is 11.8 Å². The third-order valence-electron chi connectivity index (χ3n) is 4.97. The quantitative estimate of drug-likeness (QED) is 0.813. The minimum atomic E-state index is -1.05. The highest BCUT2D eigenvalue weighted by atomic mass is 19.2. The van der Waals surface area contributed by atoms with Crippen molar-refractivity contribution < 1.29 is 23.1 Å². The summed E-state index contributed by atoms with van der Waals surface area (Å²) in [5.41, 5.74) is 1.12. The Morgan fingerprint density at radius 3 is 2.33 bits per heavy atom. The Balaban J connectivity index is 1.35. The summed E-state index contributed by atoms with van der Waals surface area (Å²) < 4.78 is 32.1. The molecule has 7 heteroatoms.